The van der Waals surface area contributed by atoms with E-state index >= 15 is 0 Å². The number of hydrogen-bond acceptors (Lipinski definition) is 6. The lowest BCUT2D eigenvalue weighted by Crippen LogP contribution is -2.15. The van der Waals surface area contributed by atoms with Crippen LogP contribution in [0.5, 0.6) is 11.5 Å². The Balaban J connectivity index is 1.92. The van der Waals surface area contributed by atoms with Gasteiger partial charge >= 0.3 is 0 Å². The molecule has 3 heterocycles. The first-order chi connectivity index (χ1) is 10.3. The highest BCUT2D eigenvalue weighted by molar-refractivity contribution is 5.91. The maximum atomic E-state index is 5.63. The summed E-state index contributed by atoms with van der Waals surface area (Å²) < 4.78 is 12.9. The van der Waals surface area contributed by atoms with Crippen LogP contribution in [-0.2, 0) is 6.54 Å². The third kappa shape index (κ3) is 1.98. The van der Waals surface area contributed by atoms with Crippen molar-refractivity contribution >= 4 is 10.8 Å². The number of ether oxygens (including phenoxy) is 2. The zero-order valence-corrected chi connectivity index (χ0v) is 11.2. The average molecular weight is 283 g/mol. The Hall–Kier alpha value is -2.67. The fourth-order valence-corrected chi connectivity index (χ4v) is 2.37. The van der Waals surface area contributed by atoms with Gasteiger partial charge in [-0.2, -0.15) is 0 Å². The van der Waals surface area contributed by atoms with E-state index in [1.54, 1.807) is 17.2 Å². The van der Waals surface area contributed by atoms with Crippen LogP contribution < -0.4 is 15.2 Å². The van der Waals surface area contributed by atoms with Crippen LogP contribution in [0.25, 0.3) is 16.6 Å². The molecule has 21 heavy (non-hydrogen) atoms. The third-order valence-electron chi connectivity index (χ3n) is 3.35. The van der Waals surface area contributed by atoms with Crippen molar-refractivity contribution in [1.82, 2.24) is 19.7 Å². The second kappa shape index (κ2) is 4.71. The van der Waals surface area contributed by atoms with Gasteiger partial charge in [0.15, 0.2) is 23.1 Å². The zero-order chi connectivity index (χ0) is 14.2. The predicted molar refractivity (Wildman–Crippen MR) is 75.5 cm³/mol. The van der Waals surface area contributed by atoms with Crippen LogP contribution >= 0.6 is 0 Å². The van der Waals surface area contributed by atoms with Crippen LogP contribution in [0.3, 0.4) is 0 Å². The molecule has 0 amide bonds. The van der Waals surface area contributed by atoms with Gasteiger partial charge < -0.3 is 15.2 Å². The van der Waals surface area contributed by atoms with Crippen LogP contribution in [0, 0.1) is 0 Å². The Morgan fingerprint density at radius 2 is 1.95 bits per heavy atom. The van der Waals surface area contributed by atoms with Gasteiger partial charge in [0.25, 0.3) is 0 Å². The van der Waals surface area contributed by atoms with Gasteiger partial charge in [-0.3, -0.25) is 0 Å². The average Bonchev–Trinajstić information content (AvgIpc) is 3.01. The van der Waals surface area contributed by atoms with Gasteiger partial charge in [-0.25, -0.2) is 14.6 Å². The van der Waals surface area contributed by atoms with Gasteiger partial charge in [-0.1, -0.05) is 0 Å². The van der Waals surface area contributed by atoms with E-state index in [0.717, 1.165) is 22.3 Å². The monoisotopic (exact) mass is 283 g/mol. The molecule has 2 aromatic heterocycles. The summed E-state index contributed by atoms with van der Waals surface area (Å²) in [6.45, 7) is 1.41. The summed E-state index contributed by atoms with van der Waals surface area (Å²) in [5.74, 6) is 2.75. The Bertz CT molecular complexity index is 814. The van der Waals surface area contributed by atoms with Gasteiger partial charge in [-0.15, -0.1) is 5.10 Å². The normalized spacial score (nSPS) is 13.6. The van der Waals surface area contributed by atoms with E-state index in [2.05, 4.69) is 15.1 Å². The van der Waals surface area contributed by atoms with Crippen molar-refractivity contribution in [3.63, 3.8) is 0 Å². The molecular weight excluding hydrogens is 270 g/mol. The lowest BCUT2D eigenvalue weighted by molar-refractivity contribution is 0.172. The molecular formula is C14H13N5O2. The Morgan fingerprint density at radius 3 is 2.71 bits per heavy atom. The number of fused-ring (bicyclic) bond motifs is 2. The molecule has 7 heteroatoms. The fraction of sp³-hybridized carbons (Fsp3) is 0.214. The first-order valence-corrected chi connectivity index (χ1v) is 6.64. The van der Waals surface area contributed by atoms with Crippen molar-refractivity contribution in [3.8, 4) is 17.3 Å². The summed E-state index contributed by atoms with van der Waals surface area (Å²) in [7, 11) is 0. The molecule has 106 valence electrons. The summed E-state index contributed by atoms with van der Waals surface area (Å²) in [5.41, 5.74) is 5.55. The lowest BCUT2D eigenvalue weighted by atomic mass is 10.1. The SMILES string of the molecule is NCc1ncn(-c2nccc3cc4c(cc23)OCCO4)n1. The number of pyridine rings is 1. The highest BCUT2D eigenvalue weighted by atomic mass is 16.6. The van der Waals surface area contributed by atoms with E-state index in [1.165, 1.54) is 0 Å². The van der Waals surface area contributed by atoms with E-state index in [-0.39, 0.29) is 0 Å². The van der Waals surface area contributed by atoms with E-state index in [9.17, 15) is 0 Å². The van der Waals surface area contributed by atoms with E-state index in [0.29, 0.717) is 31.4 Å². The van der Waals surface area contributed by atoms with Crippen LogP contribution in [-0.4, -0.2) is 33.0 Å². The molecule has 0 saturated carbocycles. The molecule has 4 rings (SSSR count). The molecule has 0 atom stereocenters. The Kier molecular flexibility index (Phi) is 2.71. The molecule has 0 spiro atoms. The maximum Gasteiger partial charge on any atom is 0.164 e. The van der Waals surface area contributed by atoms with Crippen LogP contribution in [0.4, 0.5) is 0 Å². The van der Waals surface area contributed by atoms with Gasteiger partial charge in [0.1, 0.15) is 19.5 Å². The summed E-state index contributed by atoms with van der Waals surface area (Å²) >= 11 is 0. The summed E-state index contributed by atoms with van der Waals surface area (Å²) in [6, 6.07) is 5.81. The van der Waals surface area contributed by atoms with E-state index in [4.69, 9.17) is 15.2 Å². The lowest BCUT2D eigenvalue weighted by Gasteiger charge is -2.19. The van der Waals surface area contributed by atoms with Gasteiger partial charge in [0.05, 0.1) is 6.54 Å². The number of aromatic nitrogens is 4. The minimum absolute atomic E-state index is 0.296. The van der Waals surface area contributed by atoms with Crippen molar-refractivity contribution in [1.29, 1.82) is 0 Å². The van der Waals surface area contributed by atoms with Gasteiger partial charge in [0.2, 0.25) is 0 Å². The topological polar surface area (TPSA) is 88.1 Å². The fourth-order valence-electron chi connectivity index (χ4n) is 2.37. The number of nitrogens with two attached hydrogens (primary N) is 1. The zero-order valence-electron chi connectivity index (χ0n) is 11.2. The van der Waals surface area contributed by atoms with Crippen LogP contribution in [0.2, 0.25) is 0 Å². The number of hydrogen-bond donors (Lipinski definition) is 1. The van der Waals surface area contributed by atoms with E-state index < -0.39 is 0 Å². The number of benzene rings is 1. The molecule has 0 bridgehead atoms. The molecule has 2 N–H and O–H groups in total. The summed E-state index contributed by atoms with van der Waals surface area (Å²) in [4.78, 5) is 8.53. The minimum atomic E-state index is 0.296. The molecule has 3 aromatic rings. The molecule has 1 aliphatic heterocycles. The molecule has 0 aliphatic carbocycles. The minimum Gasteiger partial charge on any atom is -0.486 e. The first-order valence-electron chi connectivity index (χ1n) is 6.64. The smallest absolute Gasteiger partial charge is 0.164 e. The van der Waals surface area contributed by atoms with Crippen molar-refractivity contribution in [3.05, 3.63) is 36.5 Å². The standard InChI is InChI=1S/C14H13N5O2/c15-7-13-17-8-19(18-13)14-10-6-12-11(20-3-4-21-12)5-9(10)1-2-16-14/h1-2,5-6,8H,3-4,7,15H2. The van der Waals surface area contributed by atoms with Crippen molar-refractivity contribution in [2.45, 2.75) is 6.54 Å². The molecule has 0 fully saturated rings. The number of rotatable bonds is 2. The second-order valence-electron chi connectivity index (χ2n) is 4.66. The third-order valence-corrected chi connectivity index (χ3v) is 3.35. The molecule has 1 aliphatic rings. The largest absolute Gasteiger partial charge is 0.486 e. The predicted octanol–water partition coefficient (Wildman–Crippen LogP) is 1.05. The summed E-state index contributed by atoms with van der Waals surface area (Å²) in [5, 5.41) is 6.24. The van der Waals surface area contributed by atoms with Crippen LogP contribution in [0.1, 0.15) is 5.82 Å². The Morgan fingerprint density at radius 1 is 1.14 bits per heavy atom. The molecule has 1 aromatic carbocycles. The van der Waals surface area contributed by atoms with Gasteiger partial charge in [0, 0.05) is 11.6 Å². The molecule has 0 saturated heterocycles. The first kappa shape index (κ1) is 12.1. The second-order valence-corrected chi connectivity index (χ2v) is 4.66. The highest BCUT2D eigenvalue weighted by Crippen LogP contribution is 2.35. The molecule has 7 nitrogen and oxygen atoms in total. The highest BCUT2D eigenvalue weighted by Gasteiger charge is 2.15. The Labute approximate surface area is 120 Å². The molecule has 0 unspecified atom stereocenters. The number of nitrogens with zero attached hydrogens (tertiary/aromatic N) is 4. The quantitative estimate of drug-likeness (QED) is 0.756. The van der Waals surface area contributed by atoms with Crippen molar-refractivity contribution in [2.24, 2.45) is 5.73 Å². The van der Waals surface area contributed by atoms with E-state index in [1.807, 2.05) is 18.2 Å². The van der Waals surface area contributed by atoms with Crippen molar-refractivity contribution < 1.29 is 9.47 Å². The van der Waals surface area contributed by atoms with Gasteiger partial charge in [-0.05, 0) is 23.6 Å². The van der Waals surface area contributed by atoms with Crippen molar-refractivity contribution in [2.75, 3.05) is 13.2 Å². The van der Waals surface area contributed by atoms with Crippen LogP contribution in [0.15, 0.2) is 30.7 Å². The summed E-state index contributed by atoms with van der Waals surface area (Å²) in [6.07, 6.45) is 3.35. The maximum absolute atomic E-state index is 5.63. The molecule has 0 radical (unpaired) electrons.